The van der Waals surface area contributed by atoms with Gasteiger partial charge in [0.2, 0.25) is 0 Å². The van der Waals surface area contributed by atoms with Gasteiger partial charge in [0.1, 0.15) is 12.7 Å². The van der Waals surface area contributed by atoms with Crippen LogP contribution in [-0.4, -0.2) is 14.8 Å². The van der Waals surface area contributed by atoms with E-state index in [1.54, 1.807) is 10.6 Å². The molecule has 0 aliphatic heterocycles. The molecule has 0 N–H and O–H groups in total. The Labute approximate surface area is 95.9 Å². The lowest BCUT2D eigenvalue weighted by molar-refractivity contribution is -0.138. The van der Waals surface area contributed by atoms with Crippen LogP contribution < -0.4 is 0 Å². The second-order valence-corrected chi connectivity index (χ2v) is 3.60. The predicted octanol–water partition coefficient (Wildman–Crippen LogP) is 2.54. The van der Waals surface area contributed by atoms with Crippen molar-refractivity contribution >= 4 is 0 Å². The van der Waals surface area contributed by atoms with Crippen molar-refractivity contribution in [2.75, 3.05) is 0 Å². The van der Waals surface area contributed by atoms with E-state index in [1.807, 2.05) is 0 Å². The SMILES string of the molecule is FC(F)(F)c1ccccc1CCn1cnnc1. The van der Waals surface area contributed by atoms with Gasteiger partial charge in [0, 0.05) is 6.54 Å². The van der Waals surface area contributed by atoms with Crippen LogP contribution in [0.5, 0.6) is 0 Å². The summed E-state index contributed by atoms with van der Waals surface area (Å²) < 4.78 is 39.7. The number of halogens is 3. The fourth-order valence-electron chi connectivity index (χ4n) is 1.60. The van der Waals surface area contributed by atoms with Crippen LogP contribution in [0.1, 0.15) is 11.1 Å². The van der Waals surface area contributed by atoms with Crippen LogP contribution >= 0.6 is 0 Å². The molecule has 17 heavy (non-hydrogen) atoms. The zero-order chi connectivity index (χ0) is 12.3. The van der Waals surface area contributed by atoms with Crippen LogP contribution in [0, 0.1) is 0 Å². The van der Waals surface area contributed by atoms with Gasteiger partial charge in [-0.1, -0.05) is 18.2 Å². The average molecular weight is 241 g/mol. The van der Waals surface area contributed by atoms with Crippen molar-refractivity contribution in [1.29, 1.82) is 0 Å². The minimum Gasteiger partial charge on any atom is -0.320 e. The van der Waals surface area contributed by atoms with Gasteiger partial charge in [-0.05, 0) is 18.1 Å². The zero-order valence-corrected chi connectivity index (χ0v) is 8.85. The molecule has 90 valence electrons. The van der Waals surface area contributed by atoms with Crippen molar-refractivity contribution in [1.82, 2.24) is 14.8 Å². The number of aromatic nitrogens is 3. The van der Waals surface area contributed by atoms with Gasteiger partial charge in [0.15, 0.2) is 0 Å². The van der Waals surface area contributed by atoms with E-state index < -0.39 is 11.7 Å². The third-order valence-electron chi connectivity index (χ3n) is 2.43. The number of nitrogens with zero attached hydrogens (tertiary/aromatic N) is 3. The summed E-state index contributed by atoms with van der Waals surface area (Å²) in [5, 5.41) is 7.19. The molecule has 0 fully saturated rings. The van der Waals surface area contributed by atoms with Gasteiger partial charge in [-0.3, -0.25) is 0 Å². The number of benzene rings is 1. The largest absolute Gasteiger partial charge is 0.416 e. The molecule has 0 aliphatic carbocycles. The molecule has 3 nitrogen and oxygen atoms in total. The molecule has 0 atom stereocenters. The van der Waals surface area contributed by atoms with E-state index in [1.165, 1.54) is 24.8 Å². The highest BCUT2D eigenvalue weighted by molar-refractivity contribution is 5.29. The standard InChI is InChI=1S/C11H10F3N3/c12-11(13,14)10-4-2-1-3-9(10)5-6-17-7-15-16-8-17/h1-4,7-8H,5-6H2. The van der Waals surface area contributed by atoms with Crippen molar-refractivity contribution in [2.45, 2.75) is 19.1 Å². The Hall–Kier alpha value is -1.85. The molecule has 0 radical (unpaired) electrons. The zero-order valence-electron chi connectivity index (χ0n) is 8.85. The maximum atomic E-state index is 12.7. The Kier molecular flexibility index (Phi) is 3.12. The highest BCUT2D eigenvalue weighted by atomic mass is 19.4. The summed E-state index contributed by atoms with van der Waals surface area (Å²) in [6.07, 6.45) is -1.04. The Balaban J connectivity index is 2.16. The second-order valence-electron chi connectivity index (χ2n) is 3.60. The lowest BCUT2D eigenvalue weighted by Crippen LogP contribution is -2.10. The first-order chi connectivity index (χ1) is 8.07. The Morgan fingerprint density at radius 3 is 2.35 bits per heavy atom. The minimum atomic E-state index is -4.30. The minimum absolute atomic E-state index is 0.286. The number of rotatable bonds is 3. The first-order valence-electron chi connectivity index (χ1n) is 5.05. The van der Waals surface area contributed by atoms with Crippen molar-refractivity contribution < 1.29 is 13.2 Å². The molecule has 2 aromatic rings. The van der Waals surface area contributed by atoms with Gasteiger partial charge in [-0.15, -0.1) is 10.2 Å². The number of aryl methyl sites for hydroxylation is 2. The third-order valence-corrected chi connectivity index (χ3v) is 2.43. The van der Waals surface area contributed by atoms with Gasteiger partial charge in [0.25, 0.3) is 0 Å². The van der Waals surface area contributed by atoms with E-state index in [0.717, 1.165) is 6.07 Å². The Morgan fingerprint density at radius 1 is 1.06 bits per heavy atom. The molecule has 0 saturated carbocycles. The lowest BCUT2D eigenvalue weighted by atomic mass is 10.0. The van der Waals surface area contributed by atoms with Gasteiger partial charge in [-0.25, -0.2) is 0 Å². The number of hydrogen-bond donors (Lipinski definition) is 0. The van der Waals surface area contributed by atoms with Crippen molar-refractivity contribution in [3.05, 3.63) is 48.0 Å². The lowest BCUT2D eigenvalue weighted by Gasteiger charge is -2.12. The van der Waals surface area contributed by atoms with Crippen LogP contribution in [-0.2, 0) is 19.1 Å². The fourth-order valence-corrected chi connectivity index (χ4v) is 1.60. The summed E-state index contributed by atoms with van der Waals surface area (Å²) in [7, 11) is 0. The highest BCUT2D eigenvalue weighted by Gasteiger charge is 2.32. The summed E-state index contributed by atoms with van der Waals surface area (Å²) in [6, 6.07) is 5.59. The van der Waals surface area contributed by atoms with Crippen LogP contribution in [0.25, 0.3) is 0 Å². The first-order valence-corrected chi connectivity index (χ1v) is 5.05. The maximum Gasteiger partial charge on any atom is 0.416 e. The van der Waals surface area contributed by atoms with Gasteiger partial charge in [-0.2, -0.15) is 13.2 Å². The monoisotopic (exact) mass is 241 g/mol. The van der Waals surface area contributed by atoms with E-state index in [2.05, 4.69) is 10.2 Å². The van der Waals surface area contributed by atoms with E-state index in [0.29, 0.717) is 13.0 Å². The molecular weight excluding hydrogens is 231 g/mol. The predicted molar refractivity (Wildman–Crippen MR) is 55.2 cm³/mol. The summed E-state index contributed by atoms with van der Waals surface area (Å²) in [4.78, 5) is 0. The molecule has 1 heterocycles. The molecular formula is C11H10F3N3. The van der Waals surface area contributed by atoms with Crippen LogP contribution in [0.3, 0.4) is 0 Å². The van der Waals surface area contributed by atoms with Gasteiger partial charge < -0.3 is 4.57 Å². The maximum absolute atomic E-state index is 12.7. The third kappa shape index (κ3) is 2.83. The van der Waals surface area contributed by atoms with Crippen molar-refractivity contribution in [2.24, 2.45) is 0 Å². The van der Waals surface area contributed by atoms with Crippen LogP contribution in [0.4, 0.5) is 13.2 Å². The summed E-state index contributed by atoms with van der Waals surface area (Å²) in [5.74, 6) is 0. The molecule has 0 bridgehead atoms. The summed E-state index contributed by atoms with van der Waals surface area (Å²) in [6.45, 7) is 0.431. The van der Waals surface area contributed by atoms with Crippen LogP contribution in [0.2, 0.25) is 0 Å². The molecule has 0 saturated heterocycles. The quantitative estimate of drug-likeness (QED) is 0.826. The topological polar surface area (TPSA) is 30.7 Å². The molecule has 1 aromatic heterocycles. The first kappa shape index (κ1) is 11.6. The summed E-state index contributed by atoms with van der Waals surface area (Å²) in [5.41, 5.74) is -0.290. The Bertz CT molecular complexity index is 477. The van der Waals surface area contributed by atoms with Crippen LogP contribution in [0.15, 0.2) is 36.9 Å². The molecule has 1 aromatic carbocycles. The Morgan fingerprint density at radius 2 is 1.71 bits per heavy atom. The van der Waals surface area contributed by atoms with Crippen molar-refractivity contribution in [3.8, 4) is 0 Å². The number of alkyl halides is 3. The average Bonchev–Trinajstić information content (AvgIpc) is 2.78. The molecule has 0 amide bonds. The summed E-state index contributed by atoms with van der Waals surface area (Å²) >= 11 is 0. The van der Waals surface area contributed by atoms with E-state index >= 15 is 0 Å². The van der Waals surface area contributed by atoms with E-state index in [-0.39, 0.29) is 5.56 Å². The second kappa shape index (κ2) is 4.57. The smallest absolute Gasteiger partial charge is 0.320 e. The molecule has 6 heteroatoms. The van der Waals surface area contributed by atoms with Crippen molar-refractivity contribution in [3.63, 3.8) is 0 Å². The van der Waals surface area contributed by atoms with Gasteiger partial charge >= 0.3 is 6.18 Å². The van der Waals surface area contributed by atoms with E-state index in [4.69, 9.17) is 0 Å². The fraction of sp³-hybridized carbons (Fsp3) is 0.273. The molecule has 0 spiro atoms. The highest BCUT2D eigenvalue weighted by Crippen LogP contribution is 2.32. The number of hydrogen-bond acceptors (Lipinski definition) is 2. The molecule has 0 unspecified atom stereocenters. The molecule has 0 aliphatic rings. The van der Waals surface area contributed by atoms with Gasteiger partial charge in [0.05, 0.1) is 5.56 Å². The van der Waals surface area contributed by atoms with E-state index in [9.17, 15) is 13.2 Å². The normalized spacial score (nSPS) is 11.7. The molecule has 2 rings (SSSR count).